The number of piperidine rings is 1. The molecule has 1 fully saturated rings. The van der Waals surface area contributed by atoms with Crippen molar-refractivity contribution >= 4 is 17.5 Å². The summed E-state index contributed by atoms with van der Waals surface area (Å²) < 4.78 is 0. The van der Waals surface area contributed by atoms with E-state index < -0.39 is 0 Å². The first-order valence-corrected chi connectivity index (χ1v) is 7.40. The normalized spacial score (nSPS) is 20.2. The van der Waals surface area contributed by atoms with Crippen LogP contribution >= 0.6 is 11.6 Å². The number of nitrogens with one attached hydrogen (secondary N) is 1. The summed E-state index contributed by atoms with van der Waals surface area (Å²) in [6.07, 6.45) is 2.39. The highest BCUT2D eigenvalue weighted by molar-refractivity contribution is 6.27. The molecule has 1 atom stereocenters. The molecule has 0 unspecified atom stereocenters. The van der Waals surface area contributed by atoms with Crippen LogP contribution in [-0.4, -0.2) is 36.3 Å². The predicted molar refractivity (Wildman–Crippen MR) is 78.2 cm³/mol. The number of benzene rings is 1. The lowest BCUT2D eigenvalue weighted by Gasteiger charge is -2.32. The molecule has 1 N–H and O–H groups in total. The molecule has 0 saturated carbocycles. The van der Waals surface area contributed by atoms with Crippen LogP contribution in [0.25, 0.3) is 0 Å². The third-order valence-corrected chi connectivity index (χ3v) is 3.80. The summed E-state index contributed by atoms with van der Waals surface area (Å²) in [5.41, 5.74) is 1.35. The van der Waals surface area contributed by atoms with E-state index in [0.29, 0.717) is 5.92 Å². The molecule has 0 aromatic heterocycles. The van der Waals surface area contributed by atoms with Gasteiger partial charge in [-0.2, -0.15) is 0 Å². The molecule has 0 radical (unpaired) electrons. The van der Waals surface area contributed by atoms with Crippen LogP contribution in [0.3, 0.4) is 0 Å². The highest BCUT2D eigenvalue weighted by Crippen LogP contribution is 2.17. The summed E-state index contributed by atoms with van der Waals surface area (Å²) in [7, 11) is 0. The minimum Gasteiger partial charge on any atom is -0.355 e. The molecule has 4 heteroatoms. The predicted octanol–water partition coefficient (Wildman–Crippen LogP) is 2.25. The molecule has 1 aliphatic heterocycles. The summed E-state index contributed by atoms with van der Waals surface area (Å²) >= 11 is 5.48. The van der Waals surface area contributed by atoms with E-state index in [9.17, 15) is 4.79 Å². The van der Waals surface area contributed by atoms with Gasteiger partial charge in [-0.3, -0.25) is 9.69 Å². The van der Waals surface area contributed by atoms with Gasteiger partial charge in [-0.15, -0.1) is 11.6 Å². The van der Waals surface area contributed by atoms with Gasteiger partial charge >= 0.3 is 0 Å². The average molecular weight is 281 g/mol. The number of alkyl halides is 1. The monoisotopic (exact) mass is 280 g/mol. The zero-order valence-electron chi connectivity index (χ0n) is 11.1. The first-order valence-electron chi connectivity index (χ1n) is 6.87. The number of rotatable bonds is 5. The van der Waals surface area contributed by atoms with Gasteiger partial charge < -0.3 is 5.32 Å². The Balaban J connectivity index is 1.79. The fourth-order valence-corrected chi connectivity index (χ4v) is 2.70. The maximum atomic E-state index is 11.2. The van der Waals surface area contributed by atoms with Gasteiger partial charge in [0.15, 0.2) is 0 Å². The number of nitrogens with zero attached hydrogens (tertiary/aromatic N) is 1. The number of amides is 1. The molecule has 104 valence electrons. The second-order valence-corrected chi connectivity index (χ2v) is 5.43. The number of carbonyl (C=O) groups is 1. The third-order valence-electron chi connectivity index (χ3n) is 3.56. The average Bonchev–Trinajstić information content (AvgIpc) is 2.46. The maximum absolute atomic E-state index is 11.2. The molecule has 0 spiro atoms. The molecule has 1 aliphatic rings. The van der Waals surface area contributed by atoms with Crippen molar-refractivity contribution in [1.29, 1.82) is 0 Å². The van der Waals surface area contributed by atoms with E-state index in [-0.39, 0.29) is 11.8 Å². The van der Waals surface area contributed by atoms with Gasteiger partial charge in [-0.05, 0) is 30.9 Å². The van der Waals surface area contributed by atoms with Gasteiger partial charge in [-0.25, -0.2) is 0 Å². The quantitative estimate of drug-likeness (QED) is 0.839. The van der Waals surface area contributed by atoms with Crippen LogP contribution in [0.5, 0.6) is 0 Å². The number of halogens is 1. The molecule has 1 aromatic rings. The lowest BCUT2D eigenvalue weighted by molar-refractivity contribution is -0.118. The molecule has 1 saturated heterocycles. The van der Waals surface area contributed by atoms with Gasteiger partial charge in [0.25, 0.3) is 0 Å². The van der Waals surface area contributed by atoms with Gasteiger partial charge in [-0.1, -0.05) is 30.3 Å². The molecule has 1 amide bonds. The summed E-state index contributed by atoms with van der Waals surface area (Å²) in [6.45, 7) is 3.95. The highest BCUT2D eigenvalue weighted by Gasteiger charge is 2.20. The second kappa shape index (κ2) is 7.51. The topological polar surface area (TPSA) is 32.3 Å². The zero-order valence-corrected chi connectivity index (χ0v) is 11.9. The summed E-state index contributed by atoms with van der Waals surface area (Å²) in [5.74, 6) is 0.534. The number of carbonyl (C=O) groups excluding carboxylic acids is 1. The number of likely N-dealkylation sites (tertiary alicyclic amines) is 1. The van der Waals surface area contributed by atoms with E-state index in [1.807, 2.05) is 6.07 Å². The SMILES string of the molecule is O=C(CCl)NC[C@H]1CCCN(Cc2ccccc2)C1. The van der Waals surface area contributed by atoms with E-state index in [4.69, 9.17) is 11.6 Å². The minimum atomic E-state index is -0.0677. The van der Waals surface area contributed by atoms with Crippen molar-refractivity contribution in [2.75, 3.05) is 25.5 Å². The van der Waals surface area contributed by atoms with Crippen LogP contribution in [0.4, 0.5) is 0 Å². The van der Waals surface area contributed by atoms with E-state index >= 15 is 0 Å². The minimum absolute atomic E-state index is 0.0560. The zero-order chi connectivity index (χ0) is 13.5. The number of hydrogen-bond donors (Lipinski definition) is 1. The van der Waals surface area contributed by atoms with E-state index in [0.717, 1.165) is 26.2 Å². The van der Waals surface area contributed by atoms with Crippen molar-refractivity contribution in [2.24, 2.45) is 5.92 Å². The fraction of sp³-hybridized carbons (Fsp3) is 0.533. The highest BCUT2D eigenvalue weighted by atomic mass is 35.5. The van der Waals surface area contributed by atoms with Crippen LogP contribution in [0.1, 0.15) is 18.4 Å². The van der Waals surface area contributed by atoms with Crippen LogP contribution in [0.2, 0.25) is 0 Å². The fourth-order valence-electron chi connectivity index (χ4n) is 2.61. The Hall–Kier alpha value is -1.06. The van der Waals surface area contributed by atoms with Crippen molar-refractivity contribution in [3.63, 3.8) is 0 Å². The Bertz CT molecular complexity index is 396. The molecule has 19 heavy (non-hydrogen) atoms. The molecular weight excluding hydrogens is 260 g/mol. The molecule has 0 bridgehead atoms. The van der Waals surface area contributed by atoms with Crippen LogP contribution in [0.15, 0.2) is 30.3 Å². The smallest absolute Gasteiger partial charge is 0.234 e. The summed E-state index contributed by atoms with van der Waals surface area (Å²) in [5, 5.41) is 2.89. The van der Waals surface area contributed by atoms with Crippen molar-refractivity contribution in [3.8, 4) is 0 Å². The van der Waals surface area contributed by atoms with Crippen LogP contribution < -0.4 is 5.32 Å². The van der Waals surface area contributed by atoms with Crippen molar-refractivity contribution in [1.82, 2.24) is 10.2 Å². The Labute approximate surface area is 119 Å². The van der Waals surface area contributed by atoms with Gasteiger partial charge in [0.05, 0.1) is 0 Å². The number of hydrogen-bond acceptors (Lipinski definition) is 2. The van der Waals surface area contributed by atoms with Gasteiger partial charge in [0.1, 0.15) is 5.88 Å². The first kappa shape index (κ1) is 14.4. The summed E-state index contributed by atoms with van der Waals surface area (Å²) in [4.78, 5) is 13.6. The largest absolute Gasteiger partial charge is 0.355 e. The Kier molecular flexibility index (Phi) is 5.67. The van der Waals surface area contributed by atoms with Gasteiger partial charge in [0.2, 0.25) is 5.91 Å². The Morgan fingerprint density at radius 2 is 2.16 bits per heavy atom. The van der Waals surface area contributed by atoms with Gasteiger partial charge in [0, 0.05) is 19.6 Å². The molecule has 1 heterocycles. The standard InChI is InChI=1S/C15H21ClN2O/c16-9-15(19)17-10-14-7-4-8-18(12-14)11-13-5-2-1-3-6-13/h1-3,5-6,14H,4,7-12H2,(H,17,19)/t14-/m1/s1. The maximum Gasteiger partial charge on any atom is 0.234 e. The Morgan fingerprint density at radius 1 is 1.37 bits per heavy atom. The third kappa shape index (κ3) is 4.84. The van der Waals surface area contributed by atoms with Crippen molar-refractivity contribution in [2.45, 2.75) is 19.4 Å². The molecular formula is C15H21ClN2O. The lowest BCUT2D eigenvalue weighted by atomic mass is 9.97. The van der Waals surface area contributed by atoms with E-state index in [2.05, 4.69) is 34.5 Å². The lowest BCUT2D eigenvalue weighted by Crippen LogP contribution is -2.40. The van der Waals surface area contributed by atoms with Crippen LogP contribution in [-0.2, 0) is 11.3 Å². The molecule has 1 aromatic carbocycles. The van der Waals surface area contributed by atoms with Crippen molar-refractivity contribution < 1.29 is 4.79 Å². The Morgan fingerprint density at radius 3 is 2.89 bits per heavy atom. The summed E-state index contributed by atoms with van der Waals surface area (Å²) in [6, 6.07) is 10.5. The van der Waals surface area contributed by atoms with Crippen LogP contribution in [0, 0.1) is 5.92 Å². The van der Waals surface area contributed by atoms with Crippen molar-refractivity contribution in [3.05, 3.63) is 35.9 Å². The molecule has 2 rings (SSSR count). The second-order valence-electron chi connectivity index (χ2n) is 5.17. The van der Waals surface area contributed by atoms with E-state index in [1.165, 1.54) is 18.4 Å². The van der Waals surface area contributed by atoms with E-state index in [1.54, 1.807) is 0 Å². The first-order chi connectivity index (χ1) is 9.28. The molecule has 0 aliphatic carbocycles. The molecule has 3 nitrogen and oxygen atoms in total.